The third kappa shape index (κ3) is 3.64. The Labute approximate surface area is 113 Å². The number of methoxy groups -OCH3 is 1. The summed E-state index contributed by atoms with van der Waals surface area (Å²) in [6.45, 7) is 0. The number of urea groups is 1. The number of halogens is 2. The molecule has 7 heteroatoms. The van der Waals surface area contributed by atoms with Gasteiger partial charge in [-0.15, -0.1) is 0 Å². The van der Waals surface area contributed by atoms with Gasteiger partial charge in [-0.1, -0.05) is 6.07 Å². The van der Waals surface area contributed by atoms with E-state index in [1.54, 1.807) is 24.3 Å². The van der Waals surface area contributed by atoms with E-state index in [4.69, 9.17) is 4.74 Å². The maximum atomic E-state index is 12.9. The van der Waals surface area contributed by atoms with Gasteiger partial charge in [0.05, 0.1) is 12.8 Å². The molecule has 104 valence electrons. The Balaban J connectivity index is 2.04. The van der Waals surface area contributed by atoms with Crippen molar-refractivity contribution in [3.05, 3.63) is 48.3 Å². The van der Waals surface area contributed by atoms with Gasteiger partial charge in [-0.05, 0) is 12.1 Å². The zero-order valence-corrected chi connectivity index (χ0v) is 10.5. The van der Waals surface area contributed by atoms with E-state index < -0.39 is 17.9 Å². The minimum Gasteiger partial charge on any atom is -0.497 e. The molecule has 1 heterocycles. The molecule has 0 atom stereocenters. The molecule has 0 aliphatic carbocycles. The summed E-state index contributed by atoms with van der Waals surface area (Å²) in [6.07, 6.45) is 0. The van der Waals surface area contributed by atoms with E-state index in [1.165, 1.54) is 7.11 Å². The first-order chi connectivity index (χ1) is 9.56. The Bertz CT molecular complexity index is 615. The molecule has 0 saturated carbocycles. The Hall–Kier alpha value is -2.70. The highest BCUT2D eigenvalue weighted by Crippen LogP contribution is 2.17. The molecule has 0 bridgehead atoms. The number of carbonyl (C=O) groups is 1. The first-order valence-electron chi connectivity index (χ1n) is 5.62. The summed E-state index contributed by atoms with van der Waals surface area (Å²) >= 11 is 0. The third-order valence-electron chi connectivity index (χ3n) is 2.35. The second kappa shape index (κ2) is 5.96. The summed E-state index contributed by atoms with van der Waals surface area (Å²) in [6, 6.07) is 7.85. The molecular weight excluding hydrogens is 268 g/mol. The van der Waals surface area contributed by atoms with Crippen molar-refractivity contribution in [3.8, 4) is 5.75 Å². The van der Waals surface area contributed by atoms with Crippen LogP contribution in [0.3, 0.4) is 0 Å². The van der Waals surface area contributed by atoms with Crippen LogP contribution in [-0.4, -0.2) is 18.1 Å². The maximum Gasteiger partial charge on any atom is 0.323 e. The average Bonchev–Trinajstić information content (AvgIpc) is 2.37. The SMILES string of the molecule is COc1cccc(NC(=O)Nc2cc(F)nc(F)c2)c1. The molecule has 0 unspecified atom stereocenters. The van der Waals surface area contributed by atoms with Crippen molar-refractivity contribution in [2.24, 2.45) is 0 Å². The number of ether oxygens (including phenoxy) is 1. The number of rotatable bonds is 3. The molecule has 0 aliphatic heterocycles. The number of anilines is 2. The number of hydrogen-bond donors (Lipinski definition) is 2. The molecule has 0 fully saturated rings. The Morgan fingerprint density at radius 1 is 1.10 bits per heavy atom. The molecule has 0 spiro atoms. The molecule has 0 radical (unpaired) electrons. The normalized spacial score (nSPS) is 9.95. The van der Waals surface area contributed by atoms with Gasteiger partial charge in [-0.2, -0.15) is 13.8 Å². The zero-order chi connectivity index (χ0) is 14.5. The highest BCUT2D eigenvalue weighted by atomic mass is 19.1. The van der Waals surface area contributed by atoms with E-state index in [-0.39, 0.29) is 5.69 Å². The van der Waals surface area contributed by atoms with Gasteiger partial charge < -0.3 is 15.4 Å². The summed E-state index contributed by atoms with van der Waals surface area (Å²) in [7, 11) is 1.50. The van der Waals surface area contributed by atoms with Crippen LogP contribution in [0.4, 0.5) is 25.0 Å². The van der Waals surface area contributed by atoms with Crippen LogP contribution in [0.1, 0.15) is 0 Å². The lowest BCUT2D eigenvalue weighted by molar-refractivity contribution is 0.262. The maximum absolute atomic E-state index is 12.9. The number of amides is 2. The number of hydrogen-bond acceptors (Lipinski definition) is 3. The van der Waals surface area contributed by atoms with E-state index in [0.29, 0.717) is 11.4 Å². The van der Waals surface area contributed by atoms with Crippen molar-refractivity contribution >= 4 is 17.4 Å². The molecule has 20 heavy (non-hydrogen) atoms. The van der Waals surface area contributed by atoms with Gasteiger partial charge in [-0.3, -0.25) is 0 Å². The smallest absolute Gasteiger partial charge is 0.323 e. The highest BCUT2D eigenvalue weighted by Gasteiger charge is 2.06. The molecule has 2 N–H and O–H groups in total. The van der Waals surface area contributed by atoms with Crippen molar-refractivity contribution in [1.82, 2.24) is 4.98 Å². The van der Waals surface area contributed by atoms with Crippen LogP contribution in [0.2, 0.25) is 0 Å². The van der Waals surface area contributed by atoms with Gasteiger partial charge in [0.25, 0.3) is 0 Å². The fourth-order valence-corrected chi connectivity index (χ4v) is 1.53. The van der Waals surface area contributed by atoms with Crippen LogP contribution in [-0.2, 0) is 0 Å². The first kappa shape index (κ1) is 13.7. The van der Waals surface area contributed by atoms with Crippen molar-refractivity contribution in [2.75, 3.05) is 17.7 Å². The third-order valence-corrected chi connectivity index (χ3v) is 2.35. The number of nitrogens with one attached hydrogen (secondary N) is 2. The largest absolute Gasteiger partial charge is 0.497 e. The lowest BCUT2D eigenvalue weighted by Crippen LogP contribution is -2.19. The van der Waals surface area contributed by atoms with Gasteiger partial charge in [0.1, 0.15) is 5.75 Å². The van der Waals surface area contributed by atoms with Crippen molar-refractivity contribution in [3.63, 3.8) is 0 Å². The predicted octanol–water partition coefficient (Wildman–Crippen LogP) is 3.01. The lowest BCUT2D eigenvalue weighted by Gasteiger charge is -2.08. The van der Waals surface area contributed by atoms with Gasteiger partial charge in [0.2, 0.25) is 11.9 Å². The molecule has 1 aromatic heterocycles. The molecular formula is C13H11F2N3O2. The molecule has 2 aromatic rings. The Morgan fingerprint density at radius 3 is 2.40 bits per heavy atom. The lowest BCUT2D eigenvalue weighted by atomic mass is 10.3. The zero-order valence-electron chi connectivity index (χ0n) is 10.5. The number of benzene rings is 1. The minimum absolute atomic E-state index is 0.0320. The van der Waals surface area contributed by atoms with E-state index in [2.05, 4.69) is 15.6 Å². The van der Waals surface area contributed by atoms with E-state index in [1.807, 2.05) is 0 Å². The minimum atomic E-state index is -1.01. The van der Waals surface area contributed by atoms with Crippen LogP contribution in [0.25, 0.3) is 0 Å². The predicted molar refractivity (Wildman–Crippen MR) is 69.8 cm³/mol. The number of carbonyl (C=O) groups excluding carboxylic acids is 1. The topological polar surface area (TPSA) is 63.2 Å². The fraction of sp³-hybridized carbons (Fsp3) is 0.0769. The Morgan fingerprint density at radius 2 is 1.75 bits per heavy atom. The molecule has 2 rings (SSSR count). The molecule has 0 saturated heterocycles. The summed E-state index contributed by atoms with van der Waals surface area (Å²) in [4.78, 5) is 14.6. The molecule has 2 amide bonds. The second-order valence-corrected chi connectivity index (χ2v) is 3.81. The summed E-state index contributed by atoms with van der Waals surface area (Å²) in [5.41, 5.74) is 0.451. The van der Waals surface area contributed by atoms with Crippen LogP contribution in [0.15, 0.2) is 36.4 Å². The number of nitrogens with zero attached hydrogens (tertiary/aromatic N) is 1. The van der Waals surface area contributed by atoms with Gasteiger partial charge in [-0.25, -0.2) is 4.79 Å². The number of pyridine rings is 1. The van der Waals surface area contributed by atoms with Crippen molar-refractivity contribution in [1.29, 1.82) is 0 Å². The van der Waals surface area contributed by atoms with Gasteiger partial charge in [0.15, 0.2) is 0 Å². The van der Waals surface area contributed by atoms with E-state index in [0.717, 1.165) is 12.1 Å². The fourth-order valence-electron chi connectivity index (χ4n) is 1.53. The number of aromatic nitrogens is 1. The summed E-state index contributed by atoms with van der Waals surface area (Å²) in [5, 5.41) is 4.81. The van der Waals surface area contributed by atoms with Crippen LogP contribution < -0.4 is 15.4 Å². The van der Waals surface area contributed by atoms with Gasteiger partial charge >= 0.3 is 6.03 Å². The summed E-state index contributed by atoms with van der Waals surface area (Å²) in [5.74, 6) is -1.45. The van der Waals surface area contributed by atoms with Crippen LogP contribution in [0.5, 0.6) is 5.75 Å². The highest BCUT2D eigenvalue weighted by molar-refractivity contribution is 5.99. The standard InChI is InChI=1S/C13H11F2N3O2/c1-20-10-4-2-3-8(5-10)16-13(19)17-9-6-11(14)18-12(15)7-9/h2-7H,1H3,(H2,16,17,18,19). The second-order valence-electron chi connectivity index (χ2n) is 3.81. The van der Waals surface area contributed by atoms with Crippen LogP contribution >= 0.6 is 0 Å². The molecule has 0 aliphatic rings. The Kier molecular flexibility index (Phi) is 4.09. The van der Waals surface area contributed by atoms with E-state index in [9.17, 15) is 13.6 Å². The average molecular weight is 279 g/mol. The van der Waals surface area contributed by atoms with E-state index >= 15 is 0 Å². The summed E-state index contributed by atoms with van der Waals surface area (Å²) < 4.78 is 30.7. The quantitative estimate of drug-likeness (QED) is 0.849. The van der Waals surface area contributed by atoms with Gasteiger partial charge in [0, 0.05) is 23.9 Å². The van der Waals surface area contributed by atoms with Crippen molar-refractivity contribution in [2.45, 2.75) is 0 Å². The van der Waals surface area contributed by atoms with Crippen LogP contribution in [0, 0.1) is 11.9 Å². The van der Waals surface area contributed by atoms with Crippen molar-refractivity contribution < 1.29 is 18.3 Å². The molecule has 1 aromatic carbocycles. The first-order valence-corrected chi connectivity index (χ1v) is 5.62. The molecule has 5 nitrogen and oxygen atoms in total. The monoisotopic (exact) mass is 279 g/mol.